The molecule has 19 heavy (non-hydrogen) atoms. The third kappa shape index (κ3) is 3.58. The number of nitrogens with two attached hydrogens (primary N) is 1. The molecule has 2 nitrogen and oxygen atoms in total. The third-order valence-corrected chi connectivity index (χ3v) is 3.80. The molecule has 0 atom stereocenters. The van der Waals surface area contributed by atoms with Crippen molar-refractivity contribution in [2.75, 3.05) is 11.9 Å². The fraction of sp³-hybridized carbons (Fsp3) is 0.250. The van der Waals surface area contributed by atoms with Gasteiger partial charge in [-0.1, -0.05) is 35.9 Å². The summed E-state index contributed by atoms with van der Waals surface area (Å²) >= 11 is 3.62. The summed E-state index contributed by atoms with van der Waals surface area (Å²) in [4.78, 5) is 2.24. The van der Waals surface area contributed by atoms with E-state index in [1.165, 1.54) is 16.8 Å². The molecule has 0 fully saturated rings. The smallest absolute Gasteiger partial charge is 0.0511 e. The zero-order valence-corrected chi connectivity index (χ0v) is 12.9. The number of hydrogen-bond donors (Lipinski definition) is 1. The van der Waals surface area contributed by atoms with Gasteiger partial charge in [0.05, 0.1) is 5.69 Å². The number of benzene rings is 2. The summed E-state index contributed by atoms with van der Waals surface area (Å²) in [6, 6.07) is 14.9. The molecule has 2 aromatic carbocycles. The molecule has 0 bridgehead atoms. The van der Waals surface area contributed by atoms with Gasteiger partial charge in [-0.2, -0.15) is 0 Å². The molecule has 100 valence electrons. The highest BCUT2D eigenvalue weighted by molar-refractivity contribution is 9.10. The second kappa shape index (κ2) is 6.22. The maximum Gasteiger partial charge on any atom is 0.0511 e. The van der Waals surface area contributed by atoms with Crippen molar-refractivity contribution >= 4 is 21.6 Å². The largest absolute Gasteiger partial charge is 0.369 e. The quantitative estimate of drug-likeness (QED) is 0.927. The first-order chi connectivity index (χ1) is 9.10. The van der Waals surface area contributed by atoms with E-state index in [1.54, 1.807) is 0 Å². The van der Waals surface area contributed by atoms with E-state index in [0.29, 0.717) is 6.54 Å². The first kappa shape index (κ1) is 14.1. The highest BCUT2D eigenvalue weighted by Gasteiger charge is 2.07. The Labute approximate surface area is 123 Å². The summed E-state index contributed by atoms with van der Waals surface area (Å²) in [5.41, 5.74) is 10.6. The molecular weight excluding hydrogens is 300 g/mol. The summed E-state index contributed by atoms with van der Waals surface area (Å²) in [6.45, 7) is 3.58. The predicted molar refractivity (Wildman–Crippen MR) is 85.3 cm³/mol. The molecule has 0 aliphatic heterocycles. The minimum Gasteiger partial charge on any atom is -0.369 e. The van der Waals surface area contributed by atoms with E-state index in [4.69, 9.17) is 5.73 Å². The fourth-order valence-corrected chi connectivity index (χ4v) is 2.89. The topological polar surface area (TPSA) is 29.3 Å². The third-order valence-electron chi connectivity index (χ3n) is 3.16. The lowest BCUT2D eigenvalue weighted by Gasteiger charge is -2.21. The molecule has 2 aromatic rings. The van der Waals surface area contributed by atoms with Crippen molar-refractivity contribution in [2.24, 2.45) is 5.73 Å². The Kier molecular flexibility index (Phi) is 4.61. The summed E-state index contributed by atoms with van der Waals surface area (Å²) in [5.74, 6) is 0. The van der Waals surface area contributed by atoms with Gasteiger partial charge in [0.1, 0.15) is 0 Å². The van der Waals surface area contributed by atoms with Crippen molar-refractivity contribution in [3.8, 4) is 0 Å². The van der Waals surface area contributed by atoms with Gasteiger partial charge in [0.2, 0.25) is 0 Å². The molecule has 0 aliphatic rings. The van der Waals surface area contributed by atoms with Crippen LogP contribution in [-0.4, -0.2) is 7.05 Å². The molecule has 3 heteroatoms. The standard InChI is InChI=1S/C16H19BrN2/c1-12-4-3-5-14(8-12)11-19(2)16-7-6-13(10-18)9-15(16)17/h3-9H,10-11,18H2,1-2H3. The summed E-state index contributed by atoms with van der Waals surface area (Å²) in [6.07, 6.45) is 0. The Balaban J connectivity index is 2.18. The van der Waals surface area contributed by atoms with Gasteiger partial charge in [0, 0.05) is 24.6 Å². The normalized spacial score (nSPS) is 10.5. The highest BCUT2D eigenvalue weighted by Crippen LogP contribution is 2.27. The van der Waals surface area contributed by atoms with Crippen molar-refractivity contribution in [1.82, 2.24) is 0 Å². The van der Waals surface area contributed by atoms with E-state index in [2.05, 4.69) is 77.3 Å². The number of halogens is 1. The van der Waals surface area contributed by atoms with Gasteiger partial charge in [-0.25, -0.2) is 0 Å². The van der Waals surface area contributed by atoms with Crippen LogP contribution >= 0.6 is 15.9 Å². The van der Waals surface area contributed by atoms with E-state index in [-0.39, 0.29) is 0 Å². The average Bonchev–Trinajstić information content (AvgIpc) is 2.38. The summed E-state index contributed by atoms with van der Waals surface area (Å²) in [5, 5.41) is 0. The molecule has 0 amide bonds. The molecule has 2 rings (SSSR count). The van der Waals surface area contributed by atoms with Crippen LogP contribution < -0.4 is 10.6 Å². The van der Waals surface area contributed by atoms with Gasteiger partial charge in [-0.3, -0.25) is 0 Å². The van der Waals surface area contributed by atoms with Gasteiger partial charge >= 0.3 is 0 Å². The second-order valence-corrected chi connectivity index (χ2v) is 5.69. The minimum atomic E-state index is 0.570. The monoisotopic (exact) mass is 318 g/mol. The van der Waals surface area contributed by atoms with Crippen molar-refractivity contribution in [2.45, 2.75) is 20.0 Å². The Bertz CT molecular complexity index is 566. The molecule has 2 N–H and O–H groups in total. The lowest BCUT2D eigenvalue weighted by atomic mass is 10.1. The zero-order chi connectivity index (χ0) is 13.8. The van der Waals surface area contributed by atoms with Crippen molar-refractivity contribution in [1.29, 1.82) is 0 Å². The number of anilines is 1. The number of nitrogens with zero attached hydrogens (tertiary/aromatic N) is 1. The first-order valence-corrected chi connectivity index (χ1v) is 7.14. The predicted octanol–water partition coefficient (Wildman–Crippen LogP) is 3.85. The van der Waals surface area contributed by atoms with Crippen LogP contribution in [0.25, 0.3) is 0 Å². The van der Waals surface area contributed by atoms with Gasteiger partial charge < -0.3 is 10.6 Å². The Morgan fingerprint density at radius 1 is 1.11 bits per heavy atom. The Hall–Kier alpha value is -1.32. The summed E-state index contributed by atoms with van der Waals surface area (Å²) < 4.78 is 1.09. The van der Waals surface area contributed by atoms with E-state index in [0.717, 1.165) is 16.6 Å². The Morgan fingerprint density at radius 3 is 2.53 bits per heavy atom. The van der Waals surface area contributed by atoms with E-state index in [9.17, 15) is 0 Å². The van der Waals surface area contributed by atoms with Crippen LogP contribution in [0.15, 0.2) is 46.9 Å². The lowest BCUT2D eigenvalue weighted by Crippen LogP contribution is -2.17. The molecular formula is C16H19BrN2. The molecule has 0 saturated heterocycles. The minimum absolute atomic E-state index is 0.570. The zero-order valence-electron chi connectivity index (χ0n) is 11.4. The van der Waals surface area contributed by atoms with Crippen LogP contribution in [0.4, 0.5) is 5.69 Å². The van der Waals surface area contributed by atoms with Crippen molar-refractivity contribution in [3.63, 3.8) is 0 Å². The molecule has 0 unspecified atom stereocenters. The lowest BCUT2D eigenvalue weighted by molar-refractivity contribution is 0.916. The number of aryl methyl sites for hydroxylation is 1. The second-order valence-electron chi connectivity index (χ2n) is 4.84. The SMILES string of the molecule is Cc1cccc(CN(C)c2ccc(CN)cc2Br)c1. The van der Waals surface area contributed by atoms with Crippen LogP contribution in [0.3, 0.4) is 0 Å². The molecule has 0 aliphatic carbocycles. The molecule has 0 heterocycles. The number of rotatable bonds is 4. The van der Waals surface area contributed by atoms with Crippen molar-refractivity contribution in [3.05, 3.63) is 63.6 Å². The van der Waals surface area contributed by atoms with E-state index < -0.39 is 0 Å². The van der Waals surface area contributed by atoms with Crippen LogP contribution in [0.5, 0.6) is 0 Å². The fourth-order valence-electron chi connectivity index (χ4n) is 2.16. The van der Waals surface area contributed by atoms with Crippen LogP contribution in [0.1, 0.15) is 16.7 Å². The Morgan fingerprint density at radius 2 is 1.89 bits per heavy atom. The van der Waals surface area contributed by atoms with Crippen LogP contribution in [-0.2, 0) is 13.1 Å². The maximum atomic E-state index is 5.65. The highest BCUT2D eigenvalue weighted by atomic mass is 79.9. The van der Waals surface area contributed by atoms with Gasteiger partial charge in [-0.05, 0) is 46.1 Å². The van der Waals surface area contributed by atoms with Gasteiger partial charge in [0.15, 0.2) is 0 Å². The van der Waals surface area contributed by atoms with Crippen LogP contribution in [0.2, 0.25) is 0 Å². The number of hydrogen-bond acceptors (Lipinski definition) is 2. The molecule has 0 saturated carbocycles. The van der Waals surface area contributed by atoms with E-state index in [1.807, 2.05) is 0 Å². The van der Waals surface area contributed by atoms with E-state index >= 15 is 0 Å². The average molecular weight is 319 g/mol. The maximum absolute atomic E-state index is 5.65. The van der Waals surface area contributed by atoms with Crippen LogP contribution in [0, 0.1) is 6.92 Å². The molecule has 0 spiro atoms. The first-order valence-electron chi connectivity index (χ1n) is 6.35. The summed E-state index contributed by atoms with van der Waals surface area (Å²) in [7, 11) is 2.10. The van der Waals surface area contributed by atoms with Gasteiger partial charge in [-0.15, -0.1) is 0 Å². The molecule has 0 radical (unpaired) electrons. The van der Waals surface area contributed by atoms with Crippen molar-refractivity contribution < 1.29 is 0 Å². The van der Waals surface area contributed by atoms with Gasteiger partial charge in [0.25, 0.3) is 0 Å². The molecule has 0 aromatic heterocycles.